The van der Waals surface area contributed by atoms with Crippen LogP contribution in [0.5, 0.6) is 5.88 Å². The summed E-state index contributed by atoms with van der Waals surface area (Å²) in [6, 6.07) is 2.28. The summed E-state index contributed by atoms with van der Waals surface area (Å²) in [5.74, 6) is -2.86. The molecule has 1 unspecified atom stereocenters. The summed E-state index contributed by atoms with van der Waals surface area (Å²) in [7, 11) is 1.57. The van der Waals surface area contributed by atoms with Gasteiger partial charge >= 0.3 is 0 Å². The SMILES string of the molecule is COC[C@@]1(C)SC(N)=N[C@](C)(c2cc(NC(=O)c3cnc(OCC4CCO4)cn3)cc(F)c2F)[C@@H]1C. The first-order chi connectivity index (χ1) is 17.1. The van der Waals surface area contributed by atoms with Crippen LogP contribution >= 0.6 is 11.8 Å². The van der Waals surface area contributed by atoms with Gasteiger partial charge in [-0.15, -0.1) is 0 Å². The highest BCUT2D eigenvalue weighted by molar-refractivity contribution is 8.15. The van der Waals surface area contributed by atoms with Crippen LogP contribution in [0.3, 0.4) is 0 Å². The molecule has 1 fully saturated rings. The van der Waals surface area contributed by atoms with E-state index in [0.29, 0.717) is 19.8 Å². The van der Waals surface area contributed by atoms with E-state index in [1.807, 2.05) is 13.8 Å². The number of amides is 1. The first-order valence-electron chi connectivity index (χ1n) is 11.5. The summed E-state index contributed by atoms with van der Waals surface area (Å²) in [6.45, 7) is 6.92. The smallest absolute Gasteiger partial charge is 0.275 e. The van der Waals surface area contributed by atoms with Crippen LogP contribution in [-0.4, -0.2) is 58.8 Å². The van der Waals surface area contributed by atoms with Crippen molar-refractivity contribution in [2.24, 2.45) is 16.6 Å². The molecule has 4 atom stereocenters. The van der Waals surface area contributed by atoms with Crippen LogP contribution in [0.15, 0.2) is 29.5 Å². The number of ether oxygens (including phenoxy) is 3. The molecule has 9 nitrogen and oxygen atoms in total. The molecule has 12 heteroatoms. The Hall–Kier alpha value is -2.83. The van der Waals surface area contributed by atoms with E-state index in [1.54, 1.807) is 14.0 Å². The minimum Gasteiger partial charge on any atom is -0.474 e. The second kappa shape index (κ2) is 10.3. The molecule has 0 saturated carbocycles. The molecule has 1 aromatic heterocycles. The molecule has 36 heavy (non-hydrogen) atoms. The molecule has 194 valence electrons. The van der Waals surface area contributed by atoms with Gasteiger partial charge in [0.2, 0.25) is 5.88 Å². The standard InChI is InChI=1S/C24H29F2N5O4S/c1-13-23(2,12-33-4)36-22(27)31-24(13,3)16-7-14(8-17(25)20(16)26)30-21(32)18-9-29-19(10-28-18)35-11-15-5-6-34-15/h7-10,13,15H,5-6,11-12H2,1-4H3,(H2,27,31)(H,30,32)/t13-,15?,23-,24+/m1/s1. The Morgan fingerprint density at radius 2 is 2.06 bits per heavy atom. The zero-order valence-electron chi connectivity index (χ0n) is 20.5. The van der Waals surface area contributed by atoms with Crippen molar-refractivity contribution in [2.45, 2.75) is 43.6 Å². The Bertz CT molecular complexity index is 1160. The van der Waals surface area contributed by atoms with Gasteiger partial charge in [-0.2, -0.15) is 0 Å². The van der Waals surface area contributed by atoms with E-state index in [-0.39, 0.29) is 40.0 Å². The summed E-state index contributed by atoms with van der Waals surface area (Å²) in [4.78, 5) is 25.4. The molecule has 0 radical (unpaired) electrons. The van der Waals surface area contributed by atoms with E-state index >= 15 is 4.39 Å². The van der Waals surface area contributed by atoms with Gasteiger partial charge < -0.3 is 25.3 Å². The number of carbonyl (C=O) groups excluding carboxylic acids is 1. The summed E-state index contributed by atoms with van der Waals surface area (Å²) in [5, 5.41) is 2.81. The van der Waals surface area contributed by atoms with Gasteiger partial charge in [0.15, 0.2) is 16.8 Å². The molecule has 3 N–H and O–H groups in total. The number of aromatic nitrogens is 2. The van der Waals surface area contributed by atoms with E-state index < -0.39 is 27.8 Å². The number of hydrogen-bond acceptors (Lipinski definition) is 9. The lowest BCUT2D eigenvalue weighted by Gasteiger charge is -2.47. The molecule has 0 aliphatic carbocycles. The molecule has 1 saturated heterocycles. The molecule has 1 aromatic carbocycles. The molecule has 1 amide bonds. The number of hydrogen-bond donors (Lipinski definition) is 2. The van der Waals surface area contributed by atoms with Gasteiger partial charge in [0, 0.05) is 48.1 Å². The number of amidine groups is 1. The fourth-order valence-electron chi connectivity index (χ4n) is 4.33. The maximum atomic E-state index is 15.1. The monoisotopic (exact) mass is 521 g/mol. The summed E-state index contributed by atoms with van der Waals surface area (Å²) in [5.41, 5.74) is 4.90. The third-order valence-electron chi connectivity index (χ3n) is 6.77. The maximum Gasteiger partial charge on any atom is 0.275 e. The lowest BCUT2D eigenvalue weighted by atomic mass is 9.74. The number of thioether (sulfide) groups is 1. The van der Waals surface area contributed by atoms with Crippen molar-refractivity contribution in [3.8, 4) is 5.88 Å². The highest BCUT2D eigenvalue weighted by Gasteiger charge is 2.50. The van der Waals surface area contributed by atoms with Gasteiger partial charge in [-0.1, -0.05) is 18.7 Å². The number of carbonyl (C=O) groups is 1. The number of nitrogens with two attached hydrogens (primary N) is 1. The average molecular weight is 522 g/mol. The number of methoxy groups -OCH3 is 1. The number of anilines is 1. The van der Waals surface area contributed by atoms with Crippen LogP contribution in [0.25, 0.3) is 0 Å². The van der Waals surface area contributed by atoms with Crippen LogP contribution in [0.4, 0.5) is 14.5 Å². The molecule has 2 aliphatic rings. The fraction of sp³-hybridized carbons (Fsp3) is 0.500. The largest absolute Gasteiger partial charge is 0.474 e. The second-order valence-electron chi connectivity index (χ2n) is 9.27. The molecular weight excluding hydrogens is 492 g/mol. The van der Waals surface area contributed by atoms with Gasteiger partial charge in [0.25, 0.3) is 5.91 Å². The maximum absolute atomic E-state index is 15.1. The Morgan fingerprint density at radius 3 is 2.67 bits per heavy atom. The van der Waals surface area contributed by atoms with Crippen molar-refractivity contribution in [1.29, 1.82) is 0 Å². The van der Waals surface area contributed by atoms with Gasteiger partial charge in [-0.3, -0.25) is 9.79 Å². The number of benzene rings is 1. The van der Waals surface area contributed by atoms with Crippen molar-refractivity contribution >= 4 is 28.5 Å². The highest BCUT2D eigenvalue weighted by atomic mass is 32.2. The summed E-state index contributed by atoms with van der Waals surface area (Å²) in [6.07, 6.45) is 3.53. The predicted molar refractivity (Wildman–Crippen MR) is 132 cm³/mol. The van der Waals surface area contributed by atoms with Crippen LogP contribution < -0.4 is 15.8 Å². The van der Waals surface area contributed by atoms with Crippen molar-refractivity contribution in [3.05, 3.63) is 47.4 Å². The first-order valence-corrected chi connectivity index (χ1v) is 12.3. The number of nitrogens with zero attached hydrogens (tertiary/aromatic N) is 3. The van der Waals surface area contributed by atoms with E-state index in [2.05, 4.69) is 20.3 Å². The molecule has 2 aliphatic heterocycles. The Balaban J connectivity index is 1.56. The van der Waals surface area contributed by atoms with Gasteiger partial charge in [-0.25, -0.2) is 18.7 Å². The van der Waals surface area contributed by atoms with Crippen LogP contribution in [0.2, 0.25) is 0 Å². The average Bonchev–Trinajstić information content (AvgIpc) is 2.79. The van der Waals surface area contributed by atoms with Crippen molar-refractivity contribution in [3.63, 3.8) is 0 Å². The van der Waals surface area contributed by atoms with E-state index in [0.717, 1.165) is 12.5 Å². The highest BCUT2D eigenvalue weighted by Crippen LogP contribution is 2.50. The third-order valence-corrected chi connectivity index (χ3v) is 8.01. The molecule has 3 heterocycles. The molecule has 4 rings (SSSR count). The molecule has 0 bridgehead atoms. The molecular formula is C24H29F2N5O4S. The van der Waals surface area contributed by atoms with Gasteiger partial charge in [0.1, 0.15) is 12.3 Å². The van der Waals surface area contributed by atoms with Crippen molar-refractivity contribution in [2.75, 3.05) is 32.2 Å². The van der Waals surface area contributed by atoms with E-state index in [1.165, 1.54) is 30.2 Å². The van der Waals surface area contributed by atoms with E-state index in [9.17, 15) is 9.18 Å². The zero-order valence-corrected chi connectivity index (χ0v) is 21.3. The molecule has 2 aromatic rings. The number of aliphatic imine (C=N–C) groups is 1. The minimum atomic E-state index is -1.21. The first kappa shape index (κ1) is 26.2. The number of nitrogens with one attached hydrogen (secondary N) is 1. The van der Waals surface area contributed by atoms with Crippen molar-refractivity contribution < 1.29 is 27.8 Å². The normalized spacial score (nSPS) is 27.7. The number of halogens is 2. The fourth-order valence-corrected chi connectivity index (χ4v) is 5.63. The topological polar surface area (TPSA) is 121 Å². The quantitative estimate of drug-likeness (QED) is 0.542. The van der Waals surface area contributed by atoms with Gasteiger partial charge in [-0.05, 0) is 19.9 Å². The lowest BCUT2D eigenvalue weighted by Crippen LogP contribution is -2.50. The summed E-state index contributed by atoms with van der Waals surface area (Å²) >= 11 is 1.34. The predicted octanol–water partition coefficient (Wildman–Crippen LogP) is 3.49. The van der Waals surface area contributed by atoms with Crippen LogP contribution in [0.1, 0.15) is 43.2 Å². The third kappa shape index (κ3) is 5.16. The van der Waals surface area contributed by atoms with Crippen LogP contribution in [-0.2, 0) is 15.0 Å². The second-order valence-corrected chi connectivity index (χ2v) is 10.8. The zero-order chi connectivity index (χ0) is 26.1. The Morgan fingerprint density at radius 1 is 1.31 bits per heavy atom. The number of rotatable bonds is 8. The molecule has 0 spiro atoms. The summed E-state index contributed by atoms with van der Waals surface area (Å²) < 4.78 is 45.5. The van der Waals surface area contributed by atoms with Gasteiger partial charge in [0.05, 0.1) is 30.6 Å². The minimum absolute atomic E-state index is 0.0166. The van der Waals surface area contributed by atoms with E-state index in [4.69, 9.17) is 19.9 Å². The Kier molecular flexibility index (Phi) is 7.48. The van der Waals surface area contributed by atoms with Crippen LogP contribution in [0, 0.1) is 17.6 Å². The Labute approximate surface area is 212 Å². The van der Waals surface area contributed by atoms with Crippen molar-refractivity contribution in [1.82, 2.24) is 9.97 Å². The lowest BCUT2D eigenvalue weighted by molar-refractivity contribution is -0.0727.